The van der Waals surface area contributed by atoms with Crippen LogP contribution in [0.4, 0.5) is 0 Å². The fraction of sp³-hybridized carbons (Fsp3) is 0.444. The second kappa shape index (κ2) is 4.97. The predicted octanol–water partition coefficient (Wildman–Crippen LogP) is 0.821. The van der Waals surface area contributed by atoms with Gasteiger partial charge in [-0.3, -0.25) is 4.79 Å². The van der Waals surface area contributed by atoms with Gasteiger partial charge in [-0.2, -0.15) is 0 Å². The maximum absolute atomic E-state index is 11.6. The summed E-state index contributed by atoms with van der Waals surface area (Å²) in [6, 6.07) is 1.70. The van der Waals surface area contributed by atoms with E-state index in [0.717, 1.165) is 0 Å². The Balaban J connectivity index is 2.68. The van der Waals surface area contributed by atoms with E-state index in [2.05, 4.69) is 0 Å². The third-order valence-corrected chi connectivity index (χ3v) is 2.70. The molecular weight excluding hydrogens is 202 g/mol. The Morgan fingerprint density at radius 2 is 2.43 bits per heavy atom. The molecule has 0 radical (unpaired) electrons. The molecule has 0 unspecified atom stereocenters. The van der Waals surface area contributed by atoms with Crippen LogP contribution in [-0.4, -0.2) is 43.2 Å². The van der Waals surface area contributed by atoms with E-state index in [1.165, 1.54) is 16.2 Å². The molecule has 0 aliphatic heterocycles. The Morgan fingerprint density at radius 3 is 2.93 bits per heavy atom. The van der Waals surface area contributed by atoms with Crippen molar-refractivity contribution in [3.05, 3.63) is 16.3 Å². The van der Waals surface area contributed by atoms with Crippen LogP contribution >= 0.6 is 11.3 Å². The minimum atomic E-state index is -0.0904. The smallest absolute Gasteiger partial charge is 0.263 e. The Bertz CT molecular complexity index is 311. The van der Waals surface area contributed by atoms with E-state index < -0.39 is 0 Å². The summed E-state index contributed by atoms with van der Waals surface area (Å²) >= 11 is 1.34. The minimum absolute atomic E-state index is 0.0231. The first kappa shape index (κ1) is 11.0. The van der Waals surface area contributed by atoms with E-state index in [1.807, 2.05) is 0 Å². The number of hydrogen-bond donors (Lipinski definition) is 1. The van der Waals surface area contributed by atoms with Gasteiger partial charge < -0.3 is 14.7 Å². The standard InChI is InChI=1S/C9H13NO3S/c1-10(3-4-11)9(12)8-5-7(13-2)6-14-8/h5-6,11H,3-4H2,1-2H3. The number of carbonyl (C=O) groups is 1. The molecule has 1 heterocycles. The Labute approximate surface area is 86.7 Å². The highest BCUT2D eigenvalue weighted by molar-refractivity contribution is 7.12. The Morgan fingerprint density at radius 1 is 1.71 bits per heavy atom. The topological polar surface area (TPSA) is 49.8 Å². The van der Waals surface area contributed by atoms with Crippen molar-refractivity contribution in [2.45, 2.75) is 0 Å². The van der Waals surface area contributed by atoms with Gasteiger partial charge in [-0.05, 0) is 0 Å². The minimum Gasteiger partial charge on any atom is -0.496 e. The van der Waals surface area contributed by atoms with Gasteiger partial charge in [-0.1, -0.05) is 0 Å². The molecule has 1 aromatic heterocycles. The van der Waals surface area contributed by atoms with Crippen LogP contribution in [0.15, 0.2) is 11.4 Å². The number of aliphatic hydroxyl groups is 1. The molecule has 5 heteroatoms. The van der Waals surface area contributed by atoms with Crippen molar-refractivity contribution in [2.75, 3.05) is 27.3 Å². The first-order valence-corrected chi connectivity index (χ1v) is 5.06. The van der Waals surface area contributed by atoms with E-state index in [9.17, 15) is 4.79 Å². The number of methoxy groups -OCH3 is 1. The van der Waals surface area contributed by atoms with Crippen LogP contribution in [0.5, 0.6) is 5.75 Å². The molecule has 78 valence electrons. The van der Waals surface area contributed by atoms with Gasteiger partial charge in [0.15, 0.2) is 0 Å². The average molecular weight is 215 g/mol. The van der Waals surface area contributed by atoms with Gasteiger partial charge in [0.25, 0.3) is 5.91 Å². The quantitative estimate of drug-likeness (QED) is 0.809. The summed E-state index contributed by atoms with van der Waals surface area (Å²) in [6.45, 7) is 0.323. The van der Waals surface area contributed by atoms with Crippen molar-refractivity contribution in [1.82, 2.24) is 4.90 Å². The molecule has 1 aromatic rings. The number of carbonyl (C=O) groups excluding carboxylic acids is 1. The zero-order chi connectivity index (χ0) is 10.6. The van der Waals surface area contributed by atoms with Gasteiger partial charge in [0.1, 0.15) is 5.75 Å². The molecule has 0 aromatic carbocycles. The molecule has 0 saturated carbocycles. The van der Waals surface area contributed by atoms with Crippen LogP contribution < -0.4 is 4.74 Å². The van der Waals surface area contributed by atoms with Crippen LogP contribution in [0, 0.1) is 0 Å². The summed E-state index contributed by atoms with van der Waals surface area (Å²) < 4.78 is 4.98. The van der Waals surface area contributed by atoms with Crippen molar-refractivity contribution >= 4 is 17.2 Å². The van der Waals surface area contributed by atoms with E-state index >= 15 is 0 Å². The number of rotatable bonds is 4. The molecule has 0 aliphatic rings. The fourth-order valence-electron chi connectivity index (χ4n) is 0.978. The second-order valence-corrected chi connectivity index (χ2v) is 3.71. The third-order valence-electron chi connectivity index (χ3n) is 1.80. The van der Waals surface area contributed by atoms with Crippen molar-refractivity contribution < 1.29 is 14.6 Å². The number of amides is 1. The third kappa shape index (κ3) is 2.46. The maximum atomic E-state index is 11.6. The van der Waals surface area contributed by atoms with Gasteiger partial charge in [-0.15, -0.1) is 11.3 Å². The van der Waals surface area contributed by atoms with Crippen LogP contribution in [0.2, 0.25) is 0 Å². The molecule has 0 fully saturated rings. The monoisotopic (exact) mass is 215 g/mol. The molecule has 0 atom stereocenters. The summed E-state index contributed by atoms with van der Waals surface area (Å²) in [6.07, 6.45) is 0. The first-order chi connectivity index (χ1) is 6.69. The number of hydrogen-bond acceptors (Lipinski definition) is 4. The normalized spacial score (nSPS) is 9.93. The number of likely N-dealkylation sites (N-methyl/N-ethyl adjacent to an activating group) is 1. The summed E-state index contributed by atoms with van der Waals surface area (Å²) in [5, 5.41) is 10.4. The summed E-state index contributed by atoms with van der Waals surface area (Å²) in [7, 11) is 3.22. The molecule has 1 rings (SSSR count). The van der Waals surface area contributed by atoms with Crippen molar-refractivity contribution in [2.24, 2.45) is 0 Å². The van der Waals surface area contributed by atoms with E-state index in [-0.39, 0.29) is 12.5 Å². The number of nitrogens with zero attached hydrogens (tertiary/aromatic N) is 1. The lowest BCUT2D eigenvalue weighted by Crippen LogP contribution is -2.28. The van der Waals surface area contributed by atoms with Crippen molar-refractivity contribution in [1.29, 1.82) is 0 Å². The maximum Gasteiger partial charge on any atom is 0.263 e. The highest BCUT2D eigenvalue weighted by Gasteiger charge is 2.13. The molecule has 14 heavy (non-hydrogen) atoms. The van der Waals surface area contributed by atoms with Crippen LogP contribution in [0.25, 0.3) is 0 Å². The molecule has 0 saturated heterocycles. The second-order valence-electron chi connectivity index (χ2n) is 2.80. The lowest BCUT2D eigenvalue weighted by Gasteiger charge is -2.13. The highest BCUT2D eigenvalue weighted by Crippen LogP contribution is 2.21. The van der Waals surface area contributed by atoms with Gasteiger partial charge in [0.05, 0.1) is 18.6 Å². The lowest BCUT2D eigenvalue weighted by molar-refractivity contribution is 0.0771. The first-order valence-electron chi connectivity index (χ1n) is 4.18. The molecule has 0 bridgehead atoms. The van der Waals surface area contributed by atoms with Gasteiger partial charge in [0.2, 0.25) is 0 Å². The SMILES string of the molecule is COc1csc(C(=O)N(C)CCO)c1. The Hall–Kier alpha value is -1.07. The summed E-state index contributed by atoms with van der Waals surface area (Å²) in [4.78, 5) is 13.7. The number of aliphatic hydroxyl groups excluding tert-OH is 1. The van der Waals surface area contributed by atoms with Gasteiger partial charge >= 0.3 is 0 Å². The van der Waals surface area contributed by atoms with Crippen LogP contribution in [0.1, 0.15) is 9.67 Å². The lowest BCUT2D eigenvalue weighted by atomic mass is 10.4. The zero-order valence-corrected chi connectivity index (χ0v) is 9.00. The van der Waals surface area contributed by atoms with Gasteiger partial charge in [-0.25, -0.2) is 0 Å². The molecule has 0 aliphatic carbocycles. The molecule has 1 amide bonds. The van der Waals surface area contributed by atoms with Crippen LogP contribution in [0.3, 0.4) is 0 Å². The molecule has 0 spiro atoms. The molecule has 1 N–H and O–H groups in total. The van der Waals surface area contributed by atoms with E-state index in [0.29, 0.717) is 17.2 Å². The van der Waals surface area contributed by atoms with Gasteiger partial charge in [0, 0.05) is 25.0 Å². The number of ether oxygens (including phenoxy) is 1. The summed E-state index contributed by atoms with van der Waals surface area (Å²) in [5.74, 6) is 0.600. The zero-order valence-electron chi connectivity index (χ0n) is 8.19. The van der Waals surface area contributed by atoms with Crippen molar-refractivity contribution in [3.8, 4) is 5.75 Å². The van der Waals surface area contributed by atoms with Crippen LogP contribution in [-0.2, 0) is 0 Å². The average Bonchev–Trinajstić information content (AvgIpc) is 2.65. The highest BCUT2D eigenvalue weighted by atomic mass is 32.1. The Kier molecular flexibility index (Phi) is 3.91. The predicted molar refractivity (Wildman–Crippen MR) is 54.9 cm³/mol. The van der Waals surface area contributed by atoms with E-state index in [1.54, 1.807) is 25.6 Å². The molecular formula is C9H13NO3S. The molecule has 4 nitrogen and oxygen atoms in total. The number of thiophene rings is 1. The fourth-order valence-corrected chi connectivity index (χ4v) is 1.83. The van der Waals surface area contributed by atoms with E-state index in [4.69, 9.17) is 9.84 Å². The largest absolute Gasteiger partial charge is 0.496 e. The summed E-state index contributed by atoms with van der Waals surface area (Å²) in [5.41, 5.74) is 0. The van der Waals surface area contributed by atoms with Crippen molar-refractivity contribution in [3.63, 3.8) is 0 Å².